The zero-order valence-corrected chi connectivity index (χ0v) is 13.7. The van der Waals surface area contributed by atoms with E-state index in [1.165, 1.54) is 32.1 Å². The lowest BCUT2D eigenvalue weighted by molar-refractivity contribution is -0.00957. The fourth-order valence-corrected chi connectivity index (χ4v) is 3.89. The summed E-state index contributed by atoms with van der Waals surface area (Å²) >= 11 is 0. The van der Waals surface area contributed by atoms with Gasteiger partial charge in [-0.25, -0.2) is 4.98 Å². The van der Waals surface area contributed by atoms with Crippen molar-refractivity contribution in [3.63, 3.8) is 0 Å². The van der Waals surface area contributed by atoms with Crippen LogP contribution in [0.2, 0.25) is 0 Å². The first-order valence-electron chi connectivity index (χ1n) is 8.40. The Labute approximate surface area is 128 Å². The summed E-state index contributed by atoms with van der Waals surface area (Å²) in [5, 5.41) is 8.14. The number of hydrogen-bond acceptors (Lipinski definition) is 4. The summed E-state index contributed by atoms with van der Waals surface area (Å²) in [6.45, 7) is 7.81. The number of piperazine rings is 1. The van der Waals surface area contributed by atoms with Crippen molar-refractivity contribution in [2.45, 2.75) is 70.0 Å². The number of aromatic nitrogens is 3. The zero-order valence-electron chi connectivity index (χ0n) is 13.7. The second-order valence-electron chi connectivity index (χ2n) is 7.20. The van der Waals surface area contributed by atoms with E-state index in [0.29, 0.717) is 5.54 Å². The van der Waals surface area contributed by atoms with Crippen LogP contribution < -0.4 is 5.32 Å². The predicted octanol–water partition coefficient (Wildman–Crippen LogP) is 2.09. The van der Waals surface area contributed by atoms with E-state index in [1.54, 1.807) is 6.33 Å². The third-order valence-electron chi connectivity index (χ3n) is 5.81. The van der Waals surface area contributed by atoms with Gasteiger partial charge in [-0.3, -0.25) is 9.58 Å². The minimum Gasteiger partial charge on any atom is -0.308 e. The van der Waals surface area contributed by atoms with Crippen molar-refractivity contribution in [1.82, 2.24) is 25.0 Å². The lowest BCUT2D eigenvalue weighted by atomic mass is 9.77. The highest BCUT2D eigenvalue weighted by molar-refractivity contribution is 5.05. The van der Waals surface area contributed by atoms with Gasteiger partial charge < -0.3 is 5.32 Å². The van der Waals surface area contributed by atoms with Gasteiger partial charge in [0.25, 0.3) is 0 Å². The molecule has 0 bridgehead atoms. The SMILES string of the molecule is CCC1(C)CNC2(CCCCC2)CN1Cc1ncnn1C. The summed E-state index contributed by atoms with van der Waals surface area (Å²) < 4.78 is 1.91. The highest BCUT2D eigenvalue weighted by Crippen LogP contribution is 2.36. The molecule has 3 rings (SSSR count). The van der Waals surface area contributed by atoms with Gasteiger partial charge in [-0.1, -0.05) is 26.2 Å². The first-order chi connectivity index (χ1) is 10.1. The molecular formula is C16H29N5. The van der Waals surface area contributed by atoms with E-state index in [2.05, 4.69) is 34.1 Å². The maximum atomic E-state index is 4.43. The quantitative estimate of drug-likeness (QED) is 0.926. The Bertz CT molecular complexity index is 477. The number of hydrogen-bond donors (Lipinski definition) is 1. The Morgan fingerprint density at radius 2 is 2.05 bits per heavy atom. The number of nitrogens with zero attached hydrogens (tertiary/aromatic N) is 4. The van der Waals surface area contributed by atoms with E-state index < -0.39 is 0 Å². The molecule has 2 aliphatic rings. The number of rotatable bonds is 3. The minimum atomic E-state index is 0.217. The number of aryl methyl sites for hydroxylation is 1. The summed E-state index contributed by atoms with van der Waals surface area (Å²) in [5.74, 6) is 1.07. The summed E-state index contributed by atoms with van der Waals surface area (Å²) in [6.07, 6.45) is 9.61. The maximum absolute atomic E-state index is 4.43. The van der Waals surface area contributed by atoms with Crippen molar-refractivity contribution in [3.8, 4) is 0 Å². The lowest BCUT2D eigenvalue weighted by Gasteiger charge is -2.54. The molecule has 5 nitrogen and oxygen atoms in total. The van der Waals surface area contributed by atoms with Crippen molar-refractivity contribution in [2.24, 2.45) is 7.05 Å². The highest BCUT2D eigenvalue weighted by atomic mass is 15.4. The van der Waals surface area contributed by atoms with Crippen LogP contribution in [-0.2, 0) is 13.6 Å². The molecule has 1 aromatic heterocycles. The normalized spacial score (nSPS) is 29.9. The smallest absolute Gasteiger partial charge is 0.140 e. The van der Waals surface area contributed by atoms with Crippen LogP contribution in [0.5, 0.6) is 0 Å². The molecule has 1 aliphatic heterocycles. The van der Waals surface area contributed by atoms with Crippen LogP contribution in [0.4, 0.5) is 0 Å². The zero-order chi connectivity index (χ0) is 14.9. The summed E-state index contributed by atoms with van der Waals surface area (Å²) in [7, 11) is 1.99. The van der Waals surface area contributed by atoms with Crippen LogP contribution in [0, 0.1) is 0 Å². The second kappa shape index (κ2) is 5.69. The van der Waals surface area contributed by atoms with Gasteiger partial charge in [0.2, 0.25) is 0 Å². The van der Waals surface area contributed by atoms with Gasteiger partial charge in [0.05, 0.1) is 6.54 Å². The molecule has 1 aliphatic carbocycles. The Hall–Kier alpha value is -0.940. The van der Waals surface area contributed by atoms with Crippen molar-refractivity contribution in [1.29, 1.82) is 0 Å². The van der Waals surface area contributed by atoms with Crippen LogP contribution in [0.25, 0.3) is 0 Å². The first kappa shape index (κ1) is 15.0. The van der Waals surface area contributed by atoms with Crippen molar-refractivity contribution < 1.29 is 0 Å². The molecule has 21 heavy (non-hydrogen) atoms. The fraction of sp³-hybridized carbons (Fsp3) is 0.875. The van der Waals surface area contributed by atoms with E-state index in [1.807, 2.05) is 11.7 Å². The molecule has 1 saturated carbocycles. The predicted molar refractivity (Wildman–Crippen MR) is 83.9 cm³/mol. The van der Waals surface area contributed by atoms with Gasteiger partial charge in [-0.15, -0.1) is 0 Å². The van der Waals surface area contributed by atoms with E-state index in [0.717, 1.165) is 31.9 Å². The van der Waals surface area contributed by atoms with Crippen LogP contribution in [0.1, 0.15) is 58.2 Å². The summed E-state index contributed by atoms with van der Waals surface area (Å²) in [6, 6.07) is 0. The van der Waals surface area contributed by atoms with Crippen molar-refractivity contribution in [3.05, 3.63) is 12.2 Å². The molecule has 1 unspecified atom stereocenters. The van der Waals surface area contributed by atoms with Gasteiger partial charge in [0.1, 0.15) is 12.2 Å². The molecule has 0 aromatic carbocycles. The van der Waals surface area contributed by atoms with Gasteiger partial charge in [-0.05, 0) is 26.2 Å². The number of nitrogens with one attached hydrogen (secondary N) is 1. The van der Waals surface area contributed by atoms with Gasteiger partial charge in [0.15, 0.2) is 0 Å². The van der Waals surface area contributed by atoms with Crippen LogP contribution in [-0.4, -0.2) is 43.8 Å². The molecule has 5 heteroatoms. The molecule has 1 N–H and O–H groups in total. The Balaban J connectivity index is 1.80. The summed E-state index contributed by atoms with van der Waals surface area (Å²) in [4.78, 5) is 7.08. The monoisotopic (exact) mass is 291 g/mol. The molecule has 1 spiro atoms. The van der Waals surface area contributed by atoms with E-state index in [9.17, 15) is 0 Å². The van der Waals surface area contributed by atoms with Gasteiger partial charge in [-0.2, -0.15) is 5.10 Å². The van der Waals surface area contributed by atoms with Crippen LogP contribution in [0.3, 0.4) is 0 Å². The molecule has 2 heterocycles. The third kappa shape index (κ3) is 2.86. The molecular weight excluding hydrogens is 262 g/mol. The molecule has 0 amide bonds. The fourth-order valence-electron chi connectivity index (χ4n) is 3.89. The molecule has 1 atom stereocenters. The summed E-state index contributed by atoms with van der Waals surface area (Å²) in [5.41, 5.74) is 0.556. The minimum absolute atomic E-state index is 0.217. The van der Waals surface area contributed by atoms with Crippen molar-refractivity contribution >= 4 is 0 Å². The second-order valence-corrected chi connectivity index (χ2v) is 7.20. The average molecular weight is 291 g/mol. The van der Waals surface area contributed by atoms with E-state index >= 15 is 0 Å². The third-order valence-corrected chi connectivity index (χ3v) is 5.81. The van der Waals surface area contributed by atoms with E-state index in [-0.39, 0.29) is 5.54 Å². The molecule has 2 fully saturated rings. The Morgan fingerprint density at radius 1 is 1.29 bits per heavy atom. The molecule has 118 valence electrons. The van der Waals surface area contributed by atoms with Crippen LogP contribution >= 0.6 is 0 Å². The topological polar surface area (TPSA) is 46.0 Å². The Morgan fingerprint density at radius 3 is 2.67 bits per heavy atom. The largest absolute Gasteiger partial charge is 0.308 e. The lowest BCUT2D eigenvalue weighted by Crippen LogP contribution is -2.69. The van der Waals surface area contributed by atoms with Crippen molar-refractivity contribution in [2.75, 3.05) is 13.1 Å². The van der Waals surface area contributed by atoms with Gasteiger partial charge in [0, 0.05) is 31.2 Å². The van der Waals surface area contributed by atoms with Crippen LogP contribution in [0.15, 0.2) is 6.33 Å². The highest BCUT2D eigenvalue weighted by Gasteiger charge is 2.44. The Kier molecular flexibility index (Phi) is 4.06. The van der Waals surface area contributed by atoms with E-state index in [4.69, 9.17) is 0 Å². The van der Waals surface area contributed by atoms with Gasteiger partial charge >= 0.3 is 0 Å². The average Bonchev–Trinajstić information content (AvgIpc) is 2.90. The first-order valence-corrected chi connectivity index (χ1v) is 8.40. The molecule has 1 aromatic rings. The molecule has 1 saturated heterocycles. The maximum Gasteiger partial charge on any atom is 0.140 e. The standard InChI is InChI=1S/C16H29N5/c1-4-15(2)11-18-16(8-6-5-7-9-16)12-21(15)10-14-17-13-19-20(14)3/h13,18H,4-12H2,1-3H3. The molecule has 0 radical (unpaired) electrons.